The number of nitrogens with zero attached hydrogens (tertiary/aromatic N) is 3. The molecule has 2 rings (SSSR count). The maximum atomic E-state index is 10.7. The van der Waals surface area contributed by atoms with Gasteiger partial charge in [0.25, 0.3) is 0 Å². The van der Waals surface area contributed by atoms with Gasteiger partial charge >= 0.3 is 5.97 Å². The van der Waals surface area contributed by atoms with Crippen LogP contribution in [0.15, 0.2) is 30.7 Å². The lowest BCUT2D eigenvalue weighted by atomic mass is 10.1. The summed E-state index contributed by atoms with van der Waals surface area (Å²) in [7, 11) is 1.73. The molecule has 0 saturated heterocycles. The topological polar surface area (TPSA) is 90.9 Å². The normalized spacial score (nSPS) is 9.78. The molecular weight excluding hydrogens is 232 g/mol. The van der Waals surface area contributed by atoms with Gasteiger partial charge in [-0.15, -0.1) is 0 Å². The van der Waals surface area contributed by atoms with Gasteiger partial charge in [0.05, 0.1) is 11.3 Å². The monoisotopic (exact) mass is 242 g/mol. The molecule has 18 heavy (non-hydrogen) atoms. The minimum absolute atomic E-state index is 0.0359. The number of hydrogen-bond donors (Lipinski definition) is 2. The van der Waals surface area contributed by atoms with Crippen LogP contribution in [0.1, 0.15) is 16.1 Å². The number of aromatic nitrogens is 2. The molecule has 0 unspecified atom stereocenters. The average Bonchev–Trinajstić information content (AvgIpc) is 2.87. The zero-order valence-electron chi connectivity index (χ0n) is 9.58. The molecule has 0 saturated carbocycles. The van der Waals surface area contributed by atoms with Crippen molar-refractivity contribution < 1.29 is 9.90 Å². The van der Waals surface area contributed by atoms with Crippen LogP contribution in [0, 0.1) is 11.3 Å². The summed E-state index contributed by atoms with van der Waals surface area (Å²) in [6.07, 6.45) is 2.80. The molecule has 1 heterocycles. The number of benzene rings is 1. The largest absolute Gasteiger partial charge is 0.476 e. The summed E-state index contributed by atoms with van der Waals surface area (Å²) in [6, 6.07) is 7.28. The van der Waals surface area contributed by atoms with Crippen LogP contribution < -0.4 is 5.32 Å². The van der Waals surface area contributed by atoms with Crippen LogP contribution in [0.2, 0.25) is 0 Å². The summed E-state index contributed by atoms with van der Waals surface area (Å²) in [5, 5.41) is 20.7. The lowest BCUT2D eigenvalue weighted by Gasteiger charge is -2.06. The number of imidazole rings is 1. The zero-order chi connectivity index (χ0) is 13.1. The van der Waals surface area contributed by atoms with Crippen LogP contribution in [-0.2, 0) is 0 Å². The molecule has 0 spiro atoms. The van der Waals surface area contributed by atoms with E-state index >= 15 is 0 Å². The van der Waals surface area contributed by atoms with Crippen LogP contribution in [0.25, 0.3) is 5.69 Å². The minimum atomic E-state index is -1.08. The number of carbonyl (C=O) groups is 1. The molecule has 0 radical (unpaired) electrons. The van der Waals surface area contributed by atoms with Crippen molar-refractivity contribution >= 4 is 11.7 Å². The van der Waals surface area contributed by atoms with Crippen LogP contribution in [0.3, 0.4) is 0 Å². The number of nitriles is 1. The van der Waals surface area contributed by atoms with Gasteiger partial charge in [0, 0.05) is 18.9 Å². The van der Waals surface area contributed by atoms with E-state index in [0.717, 1.165) is 5.69 Å². The van der Waals surface area contributed by atoms with E-state index in [4.69, 9.17) is 10.4 Å². The first kappa shape index (κ1) is 11.7. The zero-order valence-corrected chi connectivity index (χ0v) is 9.58. The fourth-order valence-corrected chi connectivity index (χ4v) is 1.58. The van der Waals surface area contributed by atoms with Gasteiger partial charge in [-0.2, -0.15) is 5.26 Å². The third-order valence-electron chi connectivity index (χ3n) is 2.49. The molecule has 0 fully saturated rings. The van der Waals surface area contributed by atoms with Crippen molar-refractivity contribution in [3.63, 3.8) is 0 Å². The van der Waals surface area contributed by atoms with Crippen molar-refractivity contribution in [3.8, 4) is 11.8 Å². The quantitative estimate of drug-likeness (QED) is 0.850. The Bertz CT molecular complexity index is 640. The number of carboxylic acid groups (broad SMARTS) is 1. The molecule has 0 aliphatic rings. The van der Waals surface area contributed by atoms with Crippen molar-refractivity contribution in [1.82, 2.24) is 9.55 Å². The number of anilines is 1. The molecule has 1 aromatic heterocycles. The highest BCUT2D eigenvalue weighted by Crippen LogP contribution is 2.19. The van der Waals surface area contributed by atoms with Crippen molar-refractivity contribution in [1.29, 1.82) is 5.26 Å². The van der Waals surface area contributed by atoms with Gasteiger partial charge in [0.2, 0.25) is 0 Å². The highest BCUT2D eigenvalue weighted by Gasteiger charge is 2.08. The van der Waals surface area contributed by atoms with Crippen LogP contribution >= 0.6 is 0 Å². The third kappa shape index (κ3) is 2.01. The minimum Gasteiger partial charge on any atom is -0.476 e. The van der Waals surface area contributed by atoms with Crippen molar-refractivity contribution in [2.45, 2.75) is 0 Å². The first-order valence-electron chi connectivity index (χ1n) is 5.15. The smallest absolute Gasteiger partial charge is 0.356 e. The number of hydrogen-bond acceptors (Lipinski definition) is 4. The molecule has 0 atom stereocenters. The molecule has 2 aromatic rings. The van der Waals surface area contributed by atoms with E-state index < -0.39 is 5.97 Å². The van der Waals surface area contributed by atoms with E-state index in [1.165, 1.54) is 12.5 Å². The van der Waals surface area contributed by atoms with Crippen LogP contribution in [0.4, 0.5) is 5.69 Å². The summed E-state index contributed by atoms with van der Waals surface area (Å²) < 4.78 is 1.56. The number of rotatable bonds is 3. The van der Waals surface area contributed by atoms with Crippen molar-refractivity contribution in [2.24, 2.45) is 0 Å². The average molecular weight is 242 g/mol. The Labute approximate surface area is 103 Å². The van der Waals surface area contributed by atoms with E-state index in [0.29, 0.717) is 11.3 Å². The highest BCUT2D eigenvalue weighted by atomic mass is 16.4. The van der Waals surface area contributed by atoms with Gasteiger partial charge in [0.1, 0.15) is 12.4 Å². The third-order valence-corrected chi connectivity index (χ3v) is 2.49. The molecule has 0 aliphatic heterocycles. The summed E-state index contributed by atoms with van der Waals surface area (Å²) >= 11 is 0. The van der Waals surface area contributed by atoms with Gasteiger partial charge in [0.15, 0.2) is 5.69 Å². The van der Waals surface area contributed by atoms with Gasteiger partial charge in [-0.25, -0.2) is 9.78 Å². The summed E-state index contributed by atoms with van der Waals surface area (Å²) in [5.74, 6) is -1.08. The Morgan fingerprint density at radius 2 is 2.33 bits per heavy atom. The molecular formula is C12H10N4O2. The summed E-state index contributed by atoms with van der Waals surface area (Å²) in [4.78, 5) is 14.5. The fraction of sp³-hybridized carbons (Fsp3) is 0.0833. The van der Waals surface area contributed by atoms with E-state index in [1.807, 2.05) is 0 Å². The Morgan fingerprint density at radius 1 is 1.56 bits per heavy atom. The molecule has 1 aromatic carbocycles. The van der Waals surface area contributed by atoms with E-state index in [9.17, 15) is 4.79 Å². The Kier molecular flexibility index (Phi) is 2.98. The molecule has 0 aliphatic carbocycles. The molecule has 0 bridgehead atoms. The van der Waals surface area contributed by atoms with Crippen molar-refractivity contribution in [3.05, 3.63) is 42.0 Å². The van der Waals surface area contributed by atoms with E-state index in [2.05, 4.69) is 16.4 Å². The number of nitrogens with one attached hydrogen (secondary N) is 1. The second kappa shape index (κ2) is 4.59. The second-order valence-corrected chi connectivity index (χ2v) is 3.56. The molecule has 90 valence electrons. The Hall–Kier alpha value is -2.81. The van der Waals surface area contributed by atoms with Gasteiger partial charge in [-0.1, -0.05) is 0 Å². The number of aromatic carboxylic acids is 1. The van der Waals surface area contributed by atoms with Gasteiger partial charge < -0.3 is 15.0 Å². The summed E-state index contributed by atoms with van der Waals surface area (Å²) in [5.41, 5.74) is 1.86. The van der Waals surface area contributed by atoms with E-state index in [-0.39, 0.29) is 5.69 Å². The standard InChI is InChI=1S/C12H10N4O2/c1-14-10-3-2-9(4-8(10)5-13)16-6-11(12(17)18)15-7-16/h2-4,6-7,14H,1H3,(H,17,18). The second-order valence-electron chi connectivity index (χ2n) is 3.56. The molecule has 2 N–H and O–H groups in total. The molecule has 6 heteroatoms. The predicted octanol–water partition coefficient (Wildman–Crippen LogP) is 1.48. The molecule has 6 nitrogen and oxygen atoms in total. The highest BCUT2D eigenvalue weighted by molar-refractivity contribution is 5.85. The lowest BCUT2D eigenvalue weighted by Crippen LogP contribution is -1.97. The summed E-state index contributed by atoms with van der Waals surface area (Å²) in [6.45, 7) is 0. The fourth-order valence-electron chi connectivity index (χ4n) is 1.58. The molecule has 0 amide bonds. The first-order chi connectivity index (χ1) is 8.65. The Morgan fingerprint density at radius 3 is 2.89 bits per heavy atom. The Balaban J connectivity index is 2.45. The number of carboxylic acids is 1. The van der Waals surface area contributed by atoms with E-state index in [1.54, 1.807) is 29.8 Å². The first-order valence-corrected chi connectivity index (χ1v) is 5.15. The maximum Gasteiger partial charge on any atom is 0.356 e. The maximum absolute atomic E-state index is 10.7. The van der Waals surface area contributed by atoms with Gasteiger partial charge in [-0.05, 0) is 18.2 Å². The van der Waals surface area contributed by atoms with Crippen LogP contribution in [0.5, 0.6) is 0 Å². The van der Waals surface area contributed by atoms with Crippen molar-refractivity contribution in [2.75, 3.05) is 12.4 Å². The van der Waals surface area contributed by atoms with Crippen LogP contribution in [-0.4, -0.2) is 27.7 Å². The SMILES string of the molecule is CNc1ccc(-n2cnc(C(=O)O)c2)cc1C#N. The predicted molar refractivity (Wildman–Crippen MR) is 64.8 cm³/mol. The van der Waals surface area contributed by atoms with Gasteiger partial charge in [-0.3, -0.25) is 0 Å². The lowest BCUT2D eigenvalue weighted by molar-refractivity contribution is 0.0691.